The van der Waals surface area contributed by atoms with Crippen LogP contribution in [0.2, 0.25) is 0 Å². The van der Waals surface area contributed by atoms with E-state index in [1.54, 1.807) is 0 Å². The van der Waals surface area contributed by atoms with Crippen LogP contribution >= 0.6 is 15.9 Å². The lowest BCUT2D eigenvalue weighted by atomic mass is 10.0. The molecular formula is C10H20BrNO2. The summed E-state index contributed by atoms with van der Waals surface area (Å²) in [5.74, 6) is 0. The summed E-state index contributed by atoms with van der Waals surface area (Å²) in [4.78, 5) is 10.7. The van der Waals surface area contributed by atoms with Crippen molar-refractivity contribution in [3.05, 3.63) is 10.1 Å². The SMILES string of the molecule is CCCCCCC(Br)(CCC)[N+](=O)[O-]. The minimum absolute atomic E-state index is 0.178. The van der Waals surface area contributed by atoms with Gasteiger partial charge in [-0.05, 0) is 12.8 Å². The van der Waals surface area contributed by atoms with Gasteiger partial charge >= 0.3 is 0 Å². The minimum Gasteiger partial charge on any atom is -0.263 e. The number of alkyl halides is 1. The average molecular weight is 266 g/mol. The second-order valence-electron chi connectivity index (χ2n) is 3.74. The van der Waals surface area contributed by atoms with E-state index in [0.717, 1.165) is 19.3 Å². The molecule has 84 valence electrons. The highest BCUT2D eigenvalue weighted by atomic mass is 79.9. The van der Waals surface area contributed by atoms with Gasteiger partial charge in [0.1, 0.15) is 0 Å². The first kappa shape index (κ1) is 13.9. The Kier molecular flexibility index (Phi) is 7.15. The molecule has 0 amide bonds. The molecule has 0 rings (SSSR count). The number of rotatable bonds is 8. The van der Waals surface area contributed by atoms with Crippen molar-refractivity contribution in [2.45, 2.75) is 63.2 Å². The Morgan fingerprint density at radius 2 is 1.79 bits per heavy atom. The van der Waals surface area contributed by atoms with Crippen LogP contribution < -0.4 is 0 Å². The Balaban J connectivity index is 3.90. The number of hydrogen-bond acceptors (Lipinski definition) is 2. The Labute approximate surface area is 94.5 Å². The largest absolute Gasteiger partial charge is 0.274 e. The molecule has 0 saturated heterocycles. The zero-order valence-electron chi connectivity index (χ0n) is 9.09. The van der Waals surface area contributed by atoms with Crippen molar-refractivity contribution < 1.29 is 4.92 Å². The lowest BCUT2D eigenvalue weighted by molar-refractivity contribution is -0.537. The monoisotopic (exact) mass is 265 g/mol. The summed E-state index contributed by atoms with van der Waals surface area (Å²) >= 11 is 3.26. The third-order valence-electron chi connectivity index (χ3n) is 2.37. The van der Waals surface area contributed by atoms with Crippen LogP contribution in [0.1, 0.15) is 58.8 Å². The predicted octanol–water partition coefficient (Wildman–Crippen LogP) is 4.12. The first-order chi connectivity index (χ1) is 6.56. The van der Waals surface area contributed by atoms with E-state index in [1.807, 2.05) is 6.92 Å². The molecule has 0 aromatic rings. The van der Waals surface area contributed by atoms with Crippen LogP contribution in [0.15, 0.2) is 0 Å². The highest BCUT2D eigenvalue weighted by Gasteiger charge is 2.37. The highest BCUT2D eigenvalue weighted by molar-refractivity contribution is 9.10. The first-order valence-corrected chi connectivity index (χ1v) is 6.19. The molecule has 0 aliphatic rings. The fourth-order valence-corrected chi connectivity index (χ4v) is 2.19. The molecule has 3 nitrogen and oxygen atoms in total. The number of nitrogens with zero attached hydrogens (tertiary/aromatic N) is 1. The summed E-state index contributed by atoms with van der Waals surface area (Å²) in [6.45, 7) is 4.12. The van der Waals surface area contributed by atoms with Crippen LogP contribution in [0.25, 0.3) is 0 Å². The topological polar surface area (TPSA) is 43.1 Å². The van der Waals surface area contributed by atoms with Gasteiger partial charge in [-0.1, -0.05) is 33.1 Å². The number of halogens is 1. The fraction of sp³-hybridized carbons (Fsp3) is 1.00. The summed E-state index contributed by atoms with van der Waals surface area (Å²) in [6.07, 6.45) is 6.50. The second kappa shape index (κ2) is 7.21. The van der Waals surface area contributed by atoms with E-state index < -0.39 is 4.45 Å². The maximum atomic E-state index is 10.8. The van der Waals surface area contributed by atoms with Gasteiger partial charge in [-0.3, -0.25) is 10.1 Å². The third-order valence-corrected chi connectivity index (χ3v) is 3.46. The van der Waals surface area contributed by atoms with Crippen molar-refractivity contribution in [3.8, 4) is 0 Å². The van der Waals surface area contributed by atoms with Gasteiger partial charge in [0.15, 0.2) is 0 Å². The zero-order valence-corrected chi connectivity index (χ0v) is 10.7. The summed E-state index contributed by atoms with van der Waals surface area (Å²) < 4.78 is -0.866. The van der Waals surface area contributed by atoms with E-state index in [1.165, 1.54) is 12.8 Å². The van der Waals surface area contributed by atoms with Gasteiger partial charge < -0.3 is 0 Å². The summed E-state index contributed by atoms with van der Waals surface area (Å²) in [5.41, 5.74) is 0. The van der Waals surface area contributed by atoms with Crippen LogP contribution in [0.4, 0.5) is 0 Å². The molecule has 1 atom stereocenters. The average Bonchev–Trinajstić information content (AvgIpc) is 2.13. The Hall–Kier alpha value is -0.120. The third kappa shape index (κ3) is 4.94. The molecule has 0 N–H and O–H groups in total. The summed E-state index contributed by atoms with van der Waals surface area (Å²) in [7, 11) is 0. The quantitative estimate of drug-likeness (QED) is 0.218. The van der Waals surface area contributed by atoms with Crippen molar-refractivity contribution in [2.24, 2.45) is 0 Å². The molecule has 0 spiro atoms. The molecule has 14 heavy (non-hydrogen) atoms. The maximum absolute atomic E-state index is 10.8. The summed E-state index contributed by atoms with van der Waals surface area (Å²) in [5, 5.41) is 10.8. The maximum Gasteiger partial charge on any atom is 0.274 e. The number of nitro groups is 1. The van der Waals surface area contributed by atoms with Gasteiger partial charge in [-0.25, -0.2) is 0 Å². The molecule has 0 aliphatic heterocycles. The van der Waals surface area contributed by atoms with Crippen molar-refractivity contribution in [1.29, 1.82) is 0 Å². The van der Waals surface area contributed by atoms with Crippen molar-refractivity contribution >= 4 is 15.9 Å². The normalized spacial score (nSPS) is 15.1. The van der Waals surface area contributed by atoms with Crippen molar-refractivity contribution in [2.75, 3.05) is 0 Å². The number of unbranched alkanes of at least 4 members (excludes halogenated alkanes) is 3. The molecule has 0 heterocycles. The smallest absolute Gasteiger partial charge is 0.263 e. The molecule has 0 bridgehead atoms. The van der Waals surface area contributed by atoms with E-state index in [2.05, 4.69) is 22.9 Å². The van der Waals surface area contributed by atoms with E-state index in [9.17, 15) is 10.1 Å². The van der Waals surface area contributed by atoms with E-state index in [-0.39, 0.29) is 4.92 Å². The molecule has 4 heteroatoms. The van der Waals surface area contributed by atoms with Gasteiger partial charge in [0.05, 0.1) is 0 Å². The molecule has 0 saturated carbocycles. The first-order valence-electron chi connectivity index (χ1n) is 5.40. The molecular weight excluding hydrogens is 246 g/mol. The molecule has 0 aromatic carbocycles. The van der Waals surface area contributed by atoms with Gasteiger partial charge in [0, 0.05) is 33.7 Å². The summed E-state index contributed by atoms with van der Waals surface area (Å²) in [6, 6.07) is 0. The molecule has 0 aliphatic carbocycles. The van der Waals surface area contributed by atoms with Crippen LogP contribution in [-0.4, -0.2) is 9.37 Å². The van der Waals surface area contributed by atoms with Gasteiger partial charge in [0.2, 0.25) is 0 Å². The van der Waals surface area contributed by atoms with E-state index in [4.69, 9.17) is 0 Å². The van der Waals surface area contributed by atoms with Crippen LogP contribution in [0.3, 0.4) is 0 Å². The minimum atomic E-state index is -0.866. The fourth-order valence-electron chi connectivity index (χ4n) is 1.51. The lowest BCUT2D eigenvalue weighted by Crippen LogP contribution is -2.30. The zero-order chi connectivity index (χ0) is 11.0. The molecule has 0 aromatic heterocycles. The van der Waals surface area contributed by atoms with Gasteiger partial charge in [-0.15, -0.1) is 0 Å². The van der Waals surface area contributed by atoms with E-state index >= 15 is 0 Å². The van der Waals surface area contributed by atoms with Crippen LogP contribution in [-0.2, 0) is 0 Å². The van der Waals surface area contributed by atoms with Crippen molar-refractivity contribution in [1.82, 2.24) is 0 Å². The molecule has 0 fully saturated rings. The Morgan fingerprint density at radius 3 is 2.21 bits per heavy atom. The van der Waals surface area contributed by atoms with E-state index in [0.29, 0.717) is 12.8 Å². The van der Waals surface area contributed by atoms with Gasteiger partial charge in [0.25, 0.3) is 4.45 Å². The second-order valence-corrected chi connectivity index (χ2v) is 5.21. The van der Waals surface area contributed by atoms with Crippen molar-refractivity contribution in [3.63, 3.8) is 0 Å². The lowest BCUT2D eigenvalue weighted by Gasteiger charge is -2.17. The molecule has 0 radical (unpaired) electrons. The Bertz CT molecular complexity index is 176. The highest BCUT2D eigenvalue weighted by Crippen LogP contribution is 2.31. The Morgan fingerprint density at radius 1 is 1.14 bits per heavy atom. The van der Waals surface area contributed by atoms with Gasteiger partial charge in [-0.2, -0.15) is 0 Å². The van der Waals surface area contributed by atoms with Crippen LogP contribution in [0, 0.1) is 10.1 Å². The molecule has 1 unspecified atom stereocenters. The number of hydrogen-bond donors (Lipinski definition) is 0. The standard InChI is InChI=1S/C10H20BrNO2/c1-3-5-6-7-9-10(11,8-4-2)12(13)14/h3-9H2,1-2H3. The predicted molar refractivity (Wildman–Crippen MR) is 62.3 cm³/mol. The van der Waals surface area contributed by atoms with Crippen LogP contribution in [0.5, 0.6) is 0 Å².